The Hall–Kier alpha value is -0.940. The molecule has 5 nitrogen and oxygen atoms in total. The summed E-state index contributed by atoms with van der Waals surface area (Å²) in [7, 11) is 0. The van der Waals surface area contributed by atoms with Crippen LogP contribution in [0.3, 0.4) is 0 Å². The molecule has 2 saturated heterocycles. The van der Waals surface area contributed by atoms with E-state index in [4.69, 9.17) is 4.74 Å². The highest BCUT2D eigenvalue weighted by molar-refractivity contribution is 6.05. The molecule has 0 unspecified atom stereocenters. The molecule has 2 heterocycles. The molecule has 100 valence electrons. The Morgan fingerprint density at radius 3 is 2.11 bits per heavy atom. The number of ether oxygens (including phenoxy) is 1. The average molecular weight is 252 g/mol. The van der Waals surface area contributed by atoms with Crippen molar-refractivity contribution in [2.45, 2.75) is 25.7 Å². The fraction of sp³-hybridized carbons (Fsp3) is 0.846. The maximum absolute atomic E-state index is 12.3. The normalized spacial score (nSPS) is 33.9. The highest BCUT2D eigenvalue weighted by Crippen LogP contribution is 2.37. The largest absolute Gasteiger partial charge is 0.379 e. The Bertz CT molecular complexity index is 328. The van der Waals surface area contributed by atoms with Gasteiger partial charge in [-0.15, -0.1) is 0 Å². The molecule has 2 atom stereocenters. The molecule has 2 amide bonds. The van der Waals surface area contributed by atoms with Crippen molar-refractivity contribution in [3.63, 3.8) is 0 Å². The molecular formula is C13H20N2O3. The quantitative estimate of drug-likeness (QED) is 0.670. The fourth-order valence-electron chi connectivity index (χ4n) is 3.31. The third-order valence-corrected chi connectivity index (χ3v) is 4.38. The van der Waals surface area contributed by atoms with Gasteiger partial charge in [0.15, 0.2) is 0 Å². The summed E-state index contributed by atoms with van der Waals surface area (Å²) in [6, 6.07) is 0. The van der Waals surface area contributed by atoms with Crippen molar-refractivity contribution in [1.82, 2.24) is 9.80 Å². The van der Waals surface area contributed by atoms with Crippen molar-refractivity contribution in [1.29, 1.82) is 0 Å². The van der Waals surface area contributed by atoms with Gasteiger partial charge in [-0.3, -0.25) is 19.4 Å². The summed E-state index contributed by atoms with van der Waals surface area (Å²) in [5.41, 5.74) is 0. The van der Waals surface area contributed by atoms with Crippen LogP contribution < -0.4 is 0 Å². The Morgan fingerprint density at radius 2 is 1.56 bits per heavy atom. The SMILES string of the molecule is O=C1[C@H]2CCCC[C@H]2C(=O)N1CN1CCOCC1. The Balaban J connectivity index is 1.68. The van der Waals surface area contributed by atoms with Crippen molar-refractivity contribution in [2.75, 3.05) is 33.0 Å². The van der Waals surface area contributed by atoms with Gasteiger partial charge in [-0.25, -0.2) is 0 Å². The minimum atomic E-state index is -0.0210. The zero-order valence-corrected chi connectivity index (χ0v) is 10.6. The van der Waals surface area contributed by atoms with Crippen molar-refractivity contribution >= 4 is 11.8 Å². The van der Waals surface area contributed by atoms with E-state index in [2.05, 4.69) is 4.90 Å². The third kappa shape index (κ3) is 2.06. The number of hydrogen-bond donors (Lipinski definition) is 0. The van der Waals surface area contributed by atoms with E-state index in [1.165, 1.54) is 4.90 Å². The van der Waals surface area contributed by atoms with Crippen LogP contribution in [-0.2, 0) is 14.3 Å². The molecule has 0 aromatic carbocycles. The molecule has 0 aromatic rings. The zero-order chi connectivity index (χ0) is 12.5. The lowest BCUT2D eigenvalue weighted by Gasteiger charge is -2.29. The number of nitrogens with zero attached hydrogens (tertiary/aromatic N) is 2. The number of fused-ring (bicyclic) bond motifs is 1. The highest BCUT2D eigenvalue weighted by Gasteiger charge is 2.48. The first-order valence-corrected chi connectivity index (χ1v) is 6.92. The Labute approximate surface area is 107 Å². The first-order valence-electron chi connectivity index (χ1n) is 6.92. The predicted octanol–water partition coefficient (Wildman–Crippen LogP) is 0.451. The van der Waals surface area contributed by atoms with Crippen molar-refractivity contribution in [2.24, 2.45) is 11.8 Å². The van der Waals surface area contributed by atoms with Gasteiger partial charge in [0.25, 0.3) is 0 Å². The summed E-state index contributed by atoms with van der Waals surface area (Å²) in [4.78, 5) is 28.2. The smallest absolute Gasteiger partial charge is 0.234 e. The van der Waals surface area contributed by atoms with Crippen molar-refractivity contribution < 1.29 is 14.3 Å². The van der Waals surface area contributed by atoms with Crippen LogP contribution in [0, 0.1) is 11.8 Å². The number of carbonyl (C=O) groups excluding carboxylic acids is 2. The van der Waals surface area contributed by atoms with E-state index in [1.807, 2.05) is 0 Å². The van der Waals surface area contributed by atoms with Crippen molar-refractivity contribution in [3.8, 4) is 0 Å². The van der Waals surface area contributed by atoms with Gasteiger partial charge >= 0.3 is 0 Å². The molecule has 0 spiro atoms. The number of hydrogen-bond acceptors (Lipinski definition) is 4. The zero-order valence-electron chi connectivity index (χ0n) is 10.6. The maximum Gasteiger partial charge on any atom is 0.234 e. The summed E-state index contributed by atoms with van der Waals surface area (Å²) in [5.74, 6) is 0.0898. The van der Waals surface area contributed by atoms with E-state index in [1.54, 1.807) is 0 Å². The van der Waals surface area contributed by atoms with E-state index in [9.17, 15) is 9.59 Å². The maximum atomic E-state index is 12.3. The first-order chi connectivity index (χ1) is 8.77. The molecular weight excluding hydrogens is 232 g/mol. The van der Waals surface area contributed by atoms with Crippen LogP contribution >= 0.6 is 0 Å². The molecule has 1 saturated carbocycles. The van der Waals surface area contributed by atoms with E-state index in [0.717, 1.165) is 38.8 Å². The summed E-state index contributed by atoms with van der Waals surface area (Å²) in [6.07, 6.45) is 3.97. The van der Waals surface area contributed by atoms with Gasteiger partial charge in [0.2, 0.25) is 11.8 Å². The van der Waals surface area contributed by atoms with Gasteiger partial charge in [-0.1, -0.05) is 12.8 Å². The van der Waals surface area contributed by atoms with E-state index < -0.39 is 0 Å². The molecule has 1 aliphatic carbocycles. The van der Waals surface area contributed by atoms with Crippen LogP contribution in [0.5, 0.6) is 0 Å². The summed E-state index contributed by atoms with van der Waals surface area (Å²) >= 11 is 0. The number of rotatable bonds is 2. The Morgan fingerprint density at radius 1 is 1.00 bits per heavy atom. The molecule has 3 aliphatic rings. The van der Waals surface area contributed by atoms with Crippen LogP contribution in [0.25, 0.3) is 0 Å². The fourth-order valence-corrected chi connectivity index (χ4v) is 3.31. The van der Waals surface area contributed by atoms with Gasteiger partial charge in [0, 0.05) is 13.1 Å². The van der Waals surface area contributed by atoms with Crippen molar-refractivity contribution in [3.05, 3.63) is 0 Å². The van der Waals surface area contributed by atoms with Crippen LogP contribution in [0.2, 0.25) is 0 Å². The number of morpholine rings is 1. The third-order valence-electron chi connectivity index (χ3n) is 4.38. The standard InChI is InChI=1S/C13H20N2O3/c16-12-10-3-1-2-4-11(10)13(17)15(12)9-14-5-7-18-8-6-14/h10-11H,1-9H2/t10-,11+. The monoisotopic (exact) mass is 252 g/mol. The summed E-state index contributed by atoms with van der Waals surface area (Å²) in [5, 5.41) is 0. The lowest BCUT2D eigenvalue weighted by molar-refractivity contribution is -0.143. The molecule has 2 aliphatic heterocycles. The molecule has 3 fully saturated rings. The second-order valence-electron chi connectivity index (χ2n) is 5.47. The summed E-state index contributed by atoms with van der Waals surface area (Å²) in [6.45, 7) is 3.49. The van der Waals surface area contributed by atoms with E-state index >= 15 is 0 Å². The topological polar surface area (TPSA) is 49.9 Å². The molecule has 18 heavy (non-hydrogen) atoms. The van der Waals surface area contributed by atoms with Gasteiger partial charge in [-0.2, -0.15) is 0 Å². The Kier molecular flexibility index (Phi) is 3.35. The lowest BCUT2D eigenvalue weighted by Crippen LogP contribution is -2.46. The molecule has 0 radical (unpaired) electrons. The van der Waals surface area contributed by atoms with Crippen LogP contribution in [-0.4, -0.2) is 54.6 Å². The van der Waals surface area contributed by atoms with Crippen LogP contribution in [0.15, 0.2) is 0 Å². The first kappa shape index (κ1) is 12.1. The van der Waals surface area contributed by atoms with Crippen LogP contribution in [0.1, 0.15) is 25.7 Å². The van der Waals surface area contributed by atoms with Gasteiger partial charge in [-0.05, 0) is 12.8 Å². The number of likely N-dealkylation sites (tertiary alicyclic amines) is 1. The van der Waals surface area contributed by atoms with Gasteiger partial charge in [0.05, 0.1) is 31.7 Å². The summed E-state index contributed by atoms with van der Waals surface area (Å²) < 4.78 is 5.28. The molecule has 0 aromatic heterocycles. The minimum Gasteiger partial charge on any atom is -0.379 e. The lowest BCUT2D eigenvalue weighted by atomic mass is 9.81. The molecule has 3 rings (SSSR count). The second kappa shape index (κ2) is 4.97. The average Bonchev–Trinajstić information content (AvgIpc) is 2.66. The minimum absolute atomic E-state index is 0.0210. The number of carbonyl (C=O) groups is 2. The predicted molar refractivity (Wildman–Crippen MR) is 64.6 cm³/mol. The second-order valence-corrected chi connectivity index (χ2v) is 5.47. The van der Waals surface area contributed by atoms with Gasteiger partial charge in [0.1, 0.15) is 0 Å². The molecule has 5 heteroatoms. The highest BCUT2D eigenvalue weighted by atomic mass is 16.5. The van der Waals surface area contributed by atoms with E-state index in [0.29, 0.717) is 19.9 Å². The van der Waals surface area contributed by atoms with E-state index in [-0.39, 0.29) is 23.7 Å². The molecule has 0 bridgehead atoms. The van der Waals surface area contributed by atoms with Gasteiger partial charge < -0.3 is 4.74 Å². The number of imide groups is 1. The molecule has 0 N–H and O–H groups in total. The van der Waals surface area contributed by atoms with Crippen LogP contribution in [0.4, 0.5) is 0 Å². The number of amides is 2.